The van der Waals surface area contributed by atoms with Gasteiger partial charge in [-0.05, 0) is 42.8 Å². The van der Waals surface area contributed by atoms with E-state index in [-0.39, 0.29) is 5.82 Å². The molecule has 110 valence electrons. The molecule has 3 aromatic rings. The summed E-state index contributed by atoms with van der Waals surface area (Å²) in [4.78, 5) is 4.33. The van der Waals surface area contributed by atoms with Gasteiger partial charge in [-0.25, -0.2) is 4.39 Å². The second-order valence-electron chi connectivity index (χ2n) is 4.89. The van der Waals surface area contributed by atoms with Crippen LogP contribution >= 0.6 is 11.6 Å². The topological polar surface area (TPSA) is 37.3 Å². The standard InChI is InChI=1S/C17H13ClFN3/c1-11-8-17(15-7-6-14(19)9-16(15)21-11)22-20-10-12-2-4-13(18)5-3-12/h2-10H,1H3,(H,21,22). The first-order valence-electron chi connectivity index (χ1n) is 6.73. The number of rotatable bonds is 3. The van der Waals surface area contributed by atoms with Crippen LogP contribution in [0, 0.1) is 12.7 Å². The summed E-state index contributed by atoms with van der Waals surface area (Å²) in [6, 6.07) is 13.7. The number of aryl methyl sites for hydroxylation is 1. The Morgan fingerprint density at radius 1 is 1.14 bits per heavy atom. The van der Waals surface area contributed by atoms with Gasteiger partial charge in [-0.2, -0.15) is 5.10 Å². The predicted molar refractivity (Wildman–Crippen MR) is 89.1 cm³/mol. The van der Waals surface area contributed by atoms with Crippen molar-refractivity contribution in [1.29, 1.82) is 0 Å². The maximum atomic E-state index is 13.3. The van der Waals surface area contributed by atoms with E-state index >= 15 is 0 Å². The monoisotopic (exact) mass is 313 g/mol. The molecule has 0 fully saturated rings. The Hall–Kier alpha value is -2.46. The molecule has 0 amide bonds. The van der Waals surface area contributed by atoms with Crippen LogP contribution in [-0.4, -0.2) is 11.2 Å². The fourth-order valence-electron chi connectivity index (χ4n) is 2.15. The molecule has 0 aliphatic heterocycles. The molecular weight excluding hydrogens is 301 g/mol. The minimum absolute atomic E-state index is 0.304. The van der Waals surface area contributed by atoms with E-state index in [0.29, 0.717) is 10.5 Å². The molecule has 3 nitrogen and oxygen atoms in total. The smallest absolute Gasteiger partial charge is 0.125 e. The number of anilines is 1. The summed E-state index contributed by atoms with van der Waals surface area (Å²) in [7, 11) is 0. The lowest BCUT2D eigenvalue weighted by molar-refractivity contribution is 0.629. The van der Waals surface area contributed by atoms with E-state index in [2.05, 4.69) is 15.5 Å². The van der Waals surface area contributed by atoms with E-state index in [4.69, 9.17) is 11.6 Å². The van der Waals surface area contributed by atoms with E-state index in [1.807, 2.05) is 25.1 Å². The highest BCUT2D eigenvalue weighted by atomic mass is 35.5. The number of hydrogen-bond acceptors (Lipinski definition) is 3. The van der Waals surface area contributed by atoms with Gasteiger partial charge in [0.25, 0.3) is 0 Å². The fraction of sp³-hybridized carbons (Fsp3) is 0.0588. The number of hydrogen-bond donors (Lipinski definition) is 1. The van der Waals surface area contributed by atoms with Crippen LogP contribution in [0.1, 0.15) is 11.3 Å². The summed E-state index contributed by atoms with van der Waals surface area (Å²) in [5.74, 6) is -0.304. The first-order chi connectivity index (χ1) is 10.6. The van der Waals surface area contributed by atoms with Crippen molar-refractivity contribution in [3.8, 4) is 0 Å². The Morgan fingerprint density at radius 3 is 2.68 bits per heavy atom. The van der Waals surface area contributed by atoms with Gasteiger partial charge < -0.3 is 0 Å². The molecule has 0 saturated heterocycles. The first kappa shape index (κ1) is 14.5. The fourth-order valence-corrected chi connectivity index (χ4v) is 2.28. The average Bonchev–Trinajstić information content (AvgIpc) is 2.48. The molecule has 22 heavy (non-hydrogen) atoms. The molecule has 0 atom stereocenters. The van der Waals surface area contributed by atoms with Gasteiger partial charge in [0, 0.05) is 22.2 Å². The molecule has 0 bridgehead atoms. The van der Waals surface area contributed by atoms with Crippen LogP contribution in [0.5, 0.6) is 0 Å². The highest BCUT2D eigenvalue weighted by Crippen LogP contribution is 2.23. The van der Waals surface area contributed by atoms with Crippen LogP contribution in [-0.2, 0) is 0 Å². The minimum Gasteiger partial charge on any atom is -0.278 e. The quantitative estimate of drug-likeness (QED) is 0.558. The third kappa shape index (κ3) is 3.23. The van der Waals surface area contributed by atoms with Gasteiger partial charge in [0.1, 0.15) is 5.82 Å². The number of pyridine rings is 1. The average molecular weight is 314 g/mol. The van der Waals surface area contributed by atoms with Crippen molar-refractivity contribution in [2.75, 3.05) is 5.43 Å². The van der Waals surface area contributed by atoms with Crippen molar-refractivity contribution in [2.24, 2.45) is 5.10 Å². The third-order valence-corrected chi connectivity index (χ3v) is 3.42. The van der Waals surface area contributed by atoms with E-state index in [0.717, 1.165) is 22.3 Å². The SMILES string of the molecule is Cc1cc(NN=Cc2ccc(Cl)cc2)c2ccc(F)cc2n1. The molecule has 1 heterocycles. The van der Waals surface area contributed by atoms with Crippen molar-refractivity contribution in [3.63, 3.8) is 0 Å². The predicted octanol–water partition coefficient (Wildman–Crippen LogP) is 4.78. The molecule has 0 aliphatic carbocycles. The van der Waals surface area contributed by atoms with Crippen LogP contribution in [0.3, 0.4) is 0 Å². The van der Waals surface area contributed by atoms with E-state index in [1.54, 1.807) is 24.4 Å². The Morgan fingerprint density at radius 2 is 1.91 bits per heavy atom. The van der Waals surface area contributed by atoms with Gasteiger partial charge in [0.05, 0.1) is 17.4 Å². The van der Waals surface area contributed by atoms with Gasteiger partial charge in [0.2, 0.25) is 0 Å². The van der Waals surface area contributed by atoms with Crippen molar-refractivity contribution in [3.05, 3.63) is 70.6 Å². The number of nitrogens with zero attached hydrogens (tertiary/aromatic N) is 2. The summed E-state index contributed by atoms with van der Waals surface area (Å²) in [5.41, 5.74) is 6.09. The molecular formula is C17H13ClFN3. The summed E-state index contributed by atoms with van der Waals surface area (Å²) < 4.78 is 13.3. The number of fused-ring (bicyclic) bond motifs is 1. The molecule has 1 aromatic heterocycles. The van der Waals surface area contributed by atoms with Crippen LogP contribution in [0.15, 0.2) is 53.6 Å². The maximum absolute atomic E-state index is 13.3. The Bertz CT molecular complexity index is 839. The molecule has 5 heteroatoms. The normalized spacial score (nSPS) is 11.2. The largest absolute Gasteiger partial charge is 0.278 e. The number of hydrazone groups is 1. The van der Waals surface area contributed by atoms with Crippen molar-refractivity contribution < 1.29 is 4.39 Å². The lowest BCUT2D eigenvalue weighted by Crippen LogP contribution is -1.95. The zero-order chi connectivity index (χ0) is 15.5. The lowest BCUT2D eigenvalue weighted by Gasteiger charge is -2.07. The van der Waals surface area contributed by atoms with Crippen LogP contribution in [0.4, 0.5) is 10.1 Å². The van der Waals surface area contributed by atoms with E-state index in [9.17, 15) is 4.39 Å². The molecule has 0 unspecified atom stereocenters. The Kier molecular flexibility index (Phi) is 4.02. The first-order valence-corrected chi connectivity index (χ1v) is 7.11. The zero-order valence-electron chi connectivity index (χ0n) is 11.8. The minimum atomic E-state index is -0.304. The van der Waals surface area contributed by atoms with Gasteiger partial charge in [-0.15, -0.1) is 0 Å². The second-order valence-corrected chi connectivity index (χ2v) is 5.33. The number of halogens is 2. The van der Waals surface area contributed by atoms with Crippen LogP contribution in [0.2, 0.25) is 5.02 Å². The van der Waals surface area contributed by atoms with Crippen molar-refractivity contribution >= 4 is 34.4 Å². The summed E-state index contributed by atoms with van der Waals surface area (Å²) in [6.45, 7) is 1.86. The molecule has 3 rings (SSSR count). The molecule has 0 aliphatic rings. The maximum Gasteiger partial charge on any atom is 0.125 e. The zero-order valence-corrected chi connectivity index (χ0v) is 12.6. The second kappa shape index (κ2) is 6.12. The van der Waals surface area contributed by atoms with Gasteiger partial charge >= 0.3 is 0 Å². The lowest BCUT2D eigenvalue weighted by atomic mass is 10.1. The highest BCUT2D eigenvalue weighted by Gasteiger charge is 2.04. The summed E-state index contributed by atoms with van der Waals surface area (Å²) >= 11 is 5.84. The number of benzene rings is 2. The Labute approximate surface area is 132 Å². The third-order valence-electron chi connectivity index (χ3n) is 3.17. The number of aromatic nitrogens is 1. The molecule has 0 spiro atoms. The molecule has 1 N–H and O–H groups in total. The molecule has 0 radical (unpaired) electrons. The number of nitrogens with one attached hydrogen (secondary N) is 1. The highest BCUT2D eigenvalue weighted by molar-refractivity contribution is 6.30. The van der Waals surface area contributed by atoms with E-state index < -0.39 is 0 Å². The Balaban J connectivity index is 1.88. The van der Waals surface area contributed by atoms with Gasteiger partial charge in [0.15, 0.2) is 0 Å². The van der Waals surface area contributed by atoms with Gasteiger partial charge in [-0.1, -0.05) is 23.7 Å². The van der Waals surface area contributed by atoms with Crippen LogP contribution in [0.25, 0.3) is 10.9 Å². The summed E-state index contributed by atoms with van der Waals surface area (Å²) in [5, 5.41) is 5.72. The van der Waals surface area contributed by atoms with Crippen molar-refractivity contribution in [2.45, 2.75) is 6.92 Å². The van der Waals surface area contributed by atoms with Gasteiger partial charge in [-0.3, -0.25) is 10.4 Å². The molecule has 0 saturated carbocycles. The van der Waals surface area contributed by atoms with E-state index in [1.165, 1.54) is 12.1 Å². The molecule has 2 aromatic carbocycles. The van der Waals surface area contributed by atoms with Crippen LogP contribution < -0.4 is 5.43 Å². The van der Waals surface area contributed by atoms with Crippen molar-refractivity contribution in [1.82, 2.24) is 4.98 Å². The summed E-state index contributed by atoms with van der Waals surface area (Å²) in [6.07, 6.45) is 1.70.